The van der Waals surface area contributed by atoms with Crippen molar-refractivity contribution in [1.82, 2.24) is 9.88 Å². The predicted octanol–water partition coefficient (Wildman–Crippen LogP) is 1.41. The molecule has 1 heterocycles. The van der Waals surface area contributed by atoms with Crippen molar-refractivity contribution in [3.63, 3.8) is 0 Å². The average molecular weight is 249 g/mol. The van der Waals surface area contributed by atoms with E-state index in [1.54, 1.807) is 7.11 Å². The molecule has 0 aliphatic heterocycles. The van der Waals surface area contributed by atoms with Crippen molar-refractivity contribution in [1.29, 1.82) is 0 Å². The quantitative estimate of drug-likeness (QED) is 0.828. The number of hydrogen-bond acceptors (Lipinski definition) is 4. The number of hydrogen-bond donors (Lipinski definition) is 1. The van der Waals surface area contributed by atoms with Crippen LogP contribution in [-0.2, 0) is 11.3 Å². The second kappa shape index (κ2) is 5.78. The molecule has 1 aliphatic carbocycles. The molecule has 0 aromatic carbocycles. The fourth-order valence-electron chi connectivity index (χ4n) is 2.83. The van der Waals surface area contributed by atoms with E-state index in [-0.39, 0.29) is 5.54 Å². The van der Waals surface area contributed by atoms with Crippen LogP contribution < -0.4 is 5.73 Å². The number of nitrogens with zero attached hydrogens (tertiary/aromatic N) is 2. The Morgan fingerprint density at radius 1 is 1.44 bits per heavy atom. The number of likely N-dealkylation sites (N-methyl/N-ethyl adjacent to an activating group) is 1. The molecule has 1 saturated carbocycles. The van der Waals surface area contributed by atoms with E-state index in [1.807, 2.05) is 12.4 Å². The molecule has 0 amide bonds. The third-order valence-electron chi connectivity index (χ3n) is 4.10. The maximum Gasteiger partial charge on any atom is 0.0607 e. The first-order chi connectivity index (χ1) is 8.74. The maximum atomic E-state index is 6.01. The number of rotatable bonds is 6. The van der Waals surface area contributed by atoms with Crippen LogP contribution in [0.15, 0.2) is 24.5 Å². The molecular weight excluding hydrogens is 226 g/mol. The van der Waals surface area contributed by atoms with Gasteiger partial charge in [0.05, 0.1) is 6.10 Å². The maximum absolute atomic E-state index is 6.01. The lowest BCUT2D eigenvalue weighted by Crippen LogP contribution is -2.63. The summed E-state index contributed by atoms with van der Waals surface area (Å²) in [5.41, 5.74) is 7.42. The van der Waals surface area contributed by atoms with E-state index in [2.05, 4.69) is 28.9 Å². The molecule has 0 atom stereocenters. The molecular formula is C14H23N3O. The highest BCUT2D eigenvalue weighted by Crippen LogP contribution is 2.39. The van der Waals surface area contributed by atoms with Gasteiger partial charge in [-0.3, -0.25) is 9.88 Å². The lowest BCUT2D eigenvalue weighted by atomic mass is 9.72. The molecule has 4 heteroatoms. The highest BCUT2D eigenvalue weighted by molar-refractivity contribution is 5.12. The Balaban J connectivity index is 2.04. The first-order valence-electron chi connectivity index (χ1n) is 6.61. The molecule has 4 nitrogen and oxygen atoms in total. The van der Waals surface area contributed by atoms with Gasteiger partial charge in [-0.2, -0.15) is 0 Å². The summed E-state index contributed by atoms with van der Waals surface area (Å²) >= 11 is 0. The molecule has 0 unspecified atom stereocenters. The van der Waals surface area contributed by atoms with Gasteiger partial charge in [0, 0.05) is 38.1 Å². The van der Waals surface area contributed by atoms with Gasteiger partial charge >= 0.3 is 0 Å². The lowest BCUT2D eigenvalue weighted by molar-refractivity contribution is -0.0889. The smallest absolute Gasteiger partial charge is 0.0607 e. The third-order valence-corrected chi connectivity index (χ3v) is 4.10. The van der Waals surface area contributed by atoms with Gasteiger partial charge in [0.2, 0.25) is 0 Å². The number of nitrogens with two attached hydrogens (primary N) is 1. The first-order valence-corrected chi connectivity index (χ1v) is 6.61. The van der Waals surface area contributed by atoms with Gasteiger partial charge in [-0.1, -0.05) is 6.92 Å². The number of pyridine rings is 1. The zero-order valence-electron chi connectivity index (χ0n) is 11.3. The van der Waals surface area contributed by atoms with Gasteiger partial charge in [0.15, 0.2) is 0 Å². The molecule has 0 spiro atoms. The van der Waals surface area contributed by atoms with Gasteiger partial charge in [-0.25, -0.2) is 0 Å². The Bertz CT molecular complexity index is 363. The van der Waals surface area contributed by atoms with Crippen LogP contribution in [0.3, 0.4) is 0 Å². The van der Waals surface area contributed by atoms with Gasteiger partial charge in [-0.15, -0.1) is 0 Å². The summed E-state index contributed by atoms with van der Waals surface area (Å²) in [6.07, 6.45) is 6.14. The fraction of sp³-hybridized carbons (Fsp3) is 0.643. The zero-order valence-corrected chi connectivity index (χ0v) is 11.3. The molecule has 1 aromatic rings. The van der Waals surface area contributed by atoms with Crippen LogP contribution in [0.1, 0.15) is 25.3 Å². The van der Waals surface area contributed by atoms with E-state index in [4.69, 9.17) is 10.5 Å². The molecule has 0 saturated heterocycles. The minimum absolute atomic E-state index is 0.124. The Morgan fingerprint density at radius 2 is 2.11 bits per heavy atom. The first kappa shape index (κ1) is 13.5. The van der Waals surface area contributed by atoms with Gasteiger partial charge < -0.3 is 10.5 Å². The molecule has 2 rings (SSSR count). The monoisotopic (exact) mass is 249 g/mol. The van der Waals surface area contributed by atoms with Crippen LogP contribution in [0, 0.1) is 0 Å². The second-order valence-electron chi connectivity index (χ2n) is 5.06. The van der Waals surface area contributed by atoms with Crippen molar-refractivity contribution in [3.05, 3.63) is 30.1 Å². The van der Waals surface area contributed by atoms with Gasteiger partial charge in [-0.05, 0) is 37.1 Å². The largest absolute Gasteiger partial charge is 0.381 e. The van der Waals surface area contributed by atoms with Crippen molar-refractivity contribution < 1.29 is 4.74 Å². The van der Waals surface area contributed by atoms with E-state index >= 15 is 0 Å². The van der Waals surface area contributed by atoms with Gasteiger partial charge in [0.25, 0.3) is 0 Å². The topological polar surface area (TPSA) is 51.4 Å². The van der Waals surface area contributed by atoms with E-state index in [0.29, 0.717) is 12.6 Å². The molecule has 100 valence electrons. The minimum atomic E-state index is 0.124. The normalized spacial score (nSPS) is 27.2. The number of ether oxygens (including phenoxy) is 1. The Kier molecular flexibility index (Phi) is 4.32. The summed E-state index contributed by atoms with van der Waals surface area (Å²) in [4.78, 5) is 6.53. The molecule has 1 aromatic heterocycles. The zero-order chi connectivity index (χ0) is 13.0. The second-order valence-corrected chi connectivity index (χ2v) is 5.06. The number of aromatic nitrogens is 1. The third kappa shape index (κ3) is 2.55. The minimum Gasteiger partial charge on any atom is -0.381 e. The van der Waals surface area contributed by atoms with Crippen molar-refractivity contribution in [2.75, 3.05) is 20.2 Å². The Labute approximate surface area is 109 Å². The highest BCUT2D eigenvalue weighted by Gasteiger charge is 2.47. The van der Waals surface area contributed by atoms with Gasteiger partial charge in [0.1, 0.15) is 0 Å². The molecule has 0 radical (unpaired) electrons. The SMILES string of the molecule is CCN(Cc1ccncc1)C1(CN)CC(OC)C1. The average Bonchev–Trinajstić information content (AvgIpc) is 2.38. The fourth-order valence-corrected chi connectivity index (χ4v) is 2.83. The van der Waals surface area contributed by atoms with E-state index < -0.39 is 0 Å². The Hall–Kier alpha value is -0.970. The van der Waals surface area contributed by atoms with E-state index in [1.165, 1.54) is 5.56 Å². The van der Waals surface area contributed by atoms with Crippen LogP contribution in [-0.4, -0.2) is 41.7 Å². The van der Waals surface area contributed by atoms with E-state index in [0.717, 1.165) is 25.9 Å². The molecule has 1 aliphatic rings. The highest BCUT2D eigenvalue weighted by atomic mass is 16.5. The summed E-state index contributed by atoms with van der Waals surface area (Å²) in [7, 11) is 1.78. The predicted molar refractivity (Wildman–Crippen MR) is 72.1 cm³/mol. The summed E-state index contributed by atoms with van der Waals surface area (Å²) in [5, 5.41) is 0. The standard InChI is InChI=1S/C14H23N3O/c1-3-17(10-12-4-6-16-7-5-12)14(11-15)8-13(9-14)18-2/h4-7,13H,3,8-11,15H2,1-2H3. The van der Waals surface area contributed by atoms with Crippen molar-refractivity contribution >= 4 is 0 Å². The van der Waals surface area contributed by atoms with Crippen LogP contribution in [0.4, 0.5) is 0 Å². The van der Waals surface area contributed by atoms with Crippen LogP contribution in [0.25, 0.3) is 0 Å². The Morgan fingerprint density at radius 3 is 2.61 bits per heavy atom. The number of methoxy groups -OCH3 is 1. The molecule has 1 fully saturated rings. The van der Waals surface area contributed by atoms with Crippen molar-refractivity contribution in [2.24, 2.45) is 5.73 Å². The molecule has 18 heavy (non-hydrogen) atoms. The van der Waals surface area contributed by atoms with Crippen molar-refractivity contribution in [2.45, 2.75) is 38.0 Å². The summed E-state index contributed by atoms with van der Waals surface area (Å²) in [6.45, 7) is 4.84. The van der Waals surface area contributed by atoms with Crippen LogP contribution >= 0.6 is 0 Å². The van der Waals surface area contributed by atoms with Crippen molar-refractivity contribution in [3.8, 4) is 0 Å². The van der Waals surface area contributed by atoms with Crippen LogP contribution in [0.2, 0.25) is 0 Å². The summed E-state index contributed by atoms with van der Waals surface area (Å²) in [5.74, 6) is 0. The van der Waals surface area contributed by atoms with E-state index in [9.17, 15) is 0 Å². The summed E-state index contributed by atoms with van der Waals surface area (Å²) < 4.78 is 5.40. The lowest BCUT2D eigenvalue weighted by Gasteiger charge is -2.53. The molecule has 2 N–H and O–H groups in total. The summed E-state index contributed by atoms with van der Waals surface area (Å²) in [6, 6.07) is 4.14. The van der Waals surface area contributed by atoms with Crippen LogP contribution in [0.5, 0.6) is 0 Å². The molecule has 0 bridgehead atoms.